The summed E-state index contributed by atoms with van der Waals surface area (Å²) < 4.78 is 5.42. The van der Waals surface area contributed by atoms with E-state index in [0.717, 1.165) is 38.9 Å². The molecule has 0 amide bonds. The van der Waals surface area contributed by atoms with Crippen LogP contribution in [0.15, 0.2) is 66.7 Å². The molecule has 0 fully saturated rings. The third kappa shape index (κ3) is 2.48. The van der Waals surface area contributed by atoms with Crippen LogP contribution in [0.1, 0.15) is 0 Å². The second-order valence-corrected chi connectivity index (χ2v) is 5.64. The molecule has 1 aromatic heterocycles. The highest BCUT2D eigenvalue weighted by atomic mass is 16.5. The molecule has 0 saturated carbocycles. The number of para-hydroxylation sites is 1. The number of hydrogen-bond donors (Lipinski definition) is 2. The average molecular weight is 315 g/mol. The van der Waals surface area contributed by atoms with Gasteiger partial charge in [0, 0.05) is 22.1 Å². The van der Waals surface area contributed by atoms with Gasteiger partial charge in [0.25, 0.3) is 0 Å². The van der Waals surface area contributed by atoms with E-state index in [2.05, 4.69) is 17.4 Å². The molecule has 0 unspecified atom stereocenters. The molecule has 4 rings (SSSR count). The number of fused-ring (bicyclic) bond motifs is 2. The summed E-state index contributed by atoms with van der Waals surface area (Å²) in [5, 5.41) is 5.59. The van der Waals surface area contributed by atoms with Crippen molar-refractivity contribution in [2.45, 2.75) is 0 Å². The first-order chi connectivity index (χ1) is 11.7. The molecule has 3 N–H and O–H groups in total. The SMILES string of the molecule is COc1ccc(N)cc1Nc1cccc2nc3ccccc3cc12. The number of aromatic nitrogens is 1. The Labute approximate surface area is 139 Å². The van der Waals surface area contributed by atoms with E-state index in [4.69, 9.17) is 15.5 Å². The molecule has 118 valence electrons. The number of benzene rings is 3. The van der Waals surface area contributed by atoms with Crippen molar-refractivity contribution >= 4 is 38.9 Å². The molecule has 0 saturated heterocycles. The largest absolute Gasteiger partial charge is 0.495 e. The van der Waals surface area contributed by atoms with Crippen molar-refractivity contribution in [1.29, 1.82) is 0 Å². The fraction of sp³-hybridized carbons (Fsp3) is 0.0500. The van der Waals surface area contributed by atoms with Gasteiger partial charge in [-0.25, -0.2) is 4.98 Å². The van der Waals surface area contributed by atoms with Gasteiger partial charge in [0.05, 0.1) is 23.8 Å². The molecule has 0 aliphatic carbocycles. The molecule has 0 radical (unpaired) electrons. The van der Waals surface area contributed by atoms with Crippen LogP contribution < -0.4 is 15.8 Å². The summed E-state index contributed by atoms with van der Waals surface area (Å²) in [6.07, 6.45) is 0. The lowest BCUT2D eigenvalue weighted by molar-refractivity contribution is 0.417. The lowest BCUT2D eigenvalue weighted by atomic mass is 10.1. The van der Waals surface area contributed by atoms with E-state index in [0.29, 0.717) is 5.69 Å². The van der Waals surface area contributed by atoms with E-state index in [9.17, 15) is 0 Å². The number of methoxy groups -OCH3 is 1. The fourth-order valence-electron chi connectivity index (χ4n) is 2.88. The van der Waals surface area contributed by atoms with Crippen LogP contribution in [0.4, 0.5) is 17.1 Å². The predicted molar refractivity (Wildman–Crippen MR) is 99.9 cm³/mol. The Morgan fingerprint density at radius 2 is 1.71 bits per heavy atom. The van der Waals surface area contributed by atoms with Crippen LogP contribution in [-0.2, 0) is 0 Å². The van der Waals surface area contributed by atoms with E-state index in [1.54, 1.807) is 7.11 Å². The van der Waals surface area contributed by atoms with Gasteiger partial charge < -0.3 is 15.8 Å². The Balaban J connectivity index is 1.88. The maximum Gasteiger partial charge on any atom is 0.142 e. The van der Waals surface area contributed by atoms with Gasteiger partial charge in [-0.15, -0.1) is 0 Å². The summed E-state index contributed by atoms with van der Waals surface area (Å²) in [6, 6.07) is 21.9. The van der Waals surface area contributed by atoms with Crippen molar-refractivity contribution in [1.82, 2.24) is 4.98 Å². The smallest absolute Gasteiger partial charge is 0.142 e. The molecule has 4 heteroatoms. The first-order valence-electron chi connectivity index (χ1n) is 7.74. The van der Waals surface area contributed by atoms with Crippen LogP contribution in [0.3, 0.4) is 0 Å². The van der Waals surface area contributed by atoms with E-state index in [-0.39, 0.29) is 0 Å². The Hall–Kier alpha value is -3.27. The number of nitrogens with zero attached hydrogens (tertiary/aromatic N) is 1. The summed E-state index contributed by atoms with van der Waals surface area (Å²) in [6.45, 7) is 0. The molecule has 24 heavy (non-hydrogen) atoms. The first-order valence-corrected chi connectivity index (χ1v) is 7.74. The van der Waals surface area contributed by atoms with Crippen molar-refractivity contribution in [2.75, 3.05) is 18.2 Å². The average Bonchev–Trinajstić information content (AvgIpc) is 2.61. The third-order valence-electron chi connectivity index (χ3n) is 4.05. The summed E-state index contributed by atoms with van der Waals surface area (Å²) in [4.78, 5) is 4.74. The molecule has 1 heterocycles. The molecule has 0 atom stereocenters. The van der Waals surface area contributed by atoms with Crippen LogP contribution in [-0.4, -0.2) is 12.1 Å². The lowest BCUT2D eigenvalue weighted by Gasteiger charge is -2.14. The summed E-state index contributed by atoms with van der Waals surface area (Å²) in [5.41, 5.74) is 10.3. The number of hydrogen-bond acceptors (Lipinski definition) is 4. The quantitative estimate of drug-likeness (QED) is 0.424. The minimum atomic E-state index is 0.683. The number of ether oxygens (including phenoxy) is 1. The van der Waals surface area contributed by atoms with Gasteiger partial charge in [-0.05, 0) is 42.5 Å². The Kier molecular flexibility index (Phi) is 3.43. The molecule has 0 aliphatic rings. The summed E-state index contributed by atoms with van der Waals surface area (Å²) >= 11 is 0. The van der Waals surface area contributed by atoms with Gasteiger partial charge in [0.2, 0.25) is 0 Å². The normalized spacial score (nSPS) is 10.9. The summed E-state index contributed by atoms with van der Waals surface area (Å²) in [5.74, 6) is 0.745. The number of pyridine rings is 1. The standard InChI is InChI=1S/C20H17N3O/c1-24-20-10-9-14(21)12-19(20)23-18-8-4-7-17-15(18)11-13-5-2-3-6-16(13)22-17/h2-12,23H,21H2,1H3. The van der Waals surface area contributed by atoms with Crippen molar-refractivity contribution in [3.8, 4) is 5.75 Å². The molecule has 4 aromatic rings. The van der Waals surface area contributed by atoms with Crippen molar-refractivity contribution in [3.63, 3.8) is 0 Å². The molecule has 0 bridgehead atoms. The van der Waals surface area contributed by atoms with E-state index in [1.807, 2.05) is 54.6 Å². The minimum Gasteiger partial charge on any atom is -0.495 e. The molecule has 4 nitrogen and oxygen atoms in total. The predicted octanol–water partition coefficient (Wildman–Crippen LogP) is 4.72. The Morgan fingerprint density at radius 3 is 2.58 bits per heavy atom. The molecule has 0 aliphatic heterocycles. The lowest BCUT2D eigenvalue weighted by Crippen LogP contribution is -1.97. The zero-order valence-corrected chi connectivity index (χ0v) is 13.3. The monoisotopic (exact) mass is 315 g/mol. The highest BCUT2D eigenvalue weighted by Crippen LogP contribution is 2.33. The van der Waals surface area contributed by atoms with Gasteiger partial charge in [-0.3, -0.25) is 0 Å². The fourth-order valence-corrected chi connectivity index (χ4v) is 2.88. The van der Waals surface area contributed by atoms with Crippen molar-refractivity contribution in [3.05, 3.63) is 66.7 Å². The molecule has 3 aromatic carbocycles. The van der Waals surface area contributed by atoms with Crippen molar-refractivity contribution in [2.24, 2.45) is 0 Å². The highest BCUT2D eigenvalue weighted by Gasteiger charge is 2.08. The number of nitrogens with two attached hydrogens (primary N) is 1. The number of nitrogens with one attached hydrogen (secondary N) is 1. The third-order valence-corrected chi connectivity index (χ3v) is 4.05. The van der Waals surface area contributed by atoms with Crippen molar-refractivity contribution < 1.29 is 4.74 Å². The number of anilines is 3. The molecule has 0 spiro atoms. The topological polar surface area (TPSA) is 60.2 Å². The minimum absolute atomic E-state index is 0.683. The van der Waals surface area contributed by atoms with E-state index < -0.39 is 0 Å². The zero-order chi connectivity index (χ0) is 16.5. The van der Waals surface area contributed by atoms with E-state index in [1.165, 1.54) is 0 Å². The van der Waals surface area contributed by atoms with Gasteiger partial charge in [0.15, 0.2) is 0 Å². The van der Waals surface area contributed by atoms with Crippen LogP contribution in [0.25, 0.3) is 21.8 Å². The second-order valence-electron chi connectivity index (χ2n) is 5.64. The van der Waals surface area contributed by atoms with Gasteiger partial charge in [-0.2, -0.15) is 0 Å². The van der Waals surface area contributed by atoms with Crippen LogP contribution >= 0.6 is 0 Å². The Morgan fingerprint density at radius 1 is 0.875 bits per heavy atom. The Bertz CT molecular complexity index is 1040. The zero-order valence-electron chi connectivity index (χ0n) is 13.3. The highest BCUT2D eigenvalue weighted by molar-refractivity contribution is 6.00. The molecular formula is C20H17N3O. The summed E-state index contributed by atoms with van der Waals surface area (Å²) in [7, 11) is 1.65. The second kappa shape index (κ2) is 5.74. The van der Waals surface area contributed by atoms with E-state index >= 15 is 0 Å². The van der Waals surface area contributed by atoms with Gasteiger partial charge >= 0.3 is 0 Å². The maximum absolute atomic E-state index is 5.91. The maximum atomic E-state index is 5.91. The first kappa shape index (κ1) is 14.3. The van der Waals surface area contributed by atoms with Crippen LogP contribution in [0, 0.1) is 0 Å². The van der Waals surface area contributed by atoms with Gasteiger partial charge in [-0.1, -0.05) is 24.3 Å². The number of rotatable bonds is 3. The van der Waals surface area contributed by atoms with Crippen LogP contribution in [0.5, 0.6) is 5.75 Å². The van der Waals surface area contributed by atoms with Crippen LogP contribution in [0.2, 0.25) is 0 Å². The van der Waals surface area contributed by atoms with Gasteiger partial charge in [0.1, 0.15) is 5.75 Å². The molecular weight excluding hydrogens is 298 g/mol. The number of nitrogen functional groups attached to an aromatic ring is 1.